The lowest BCUT2D eigenvalue weighted by Gasteiger charge is -2.41. The fourth-order valence-corrected chi connectivity index (χ4v) is 7.16. The minimum atomic E-state index is -1.65. The molecule has 388 valence electrons. The zero-order chi connectivity index (χ0) is 50.4. The maximum Gasteiger partial charge on any atom is 0.306 e. The van der Waals surface area contributed by atoms with Crippen LogP contribution in [0, 0.1) is 0 Å². The summed E-state index contributed by atoms with van der Waals surface area (Å²) in [4.78, 5) is 26.3. The Morgan fingerprint density at radius 1 is 0.580 bits per heavy atom. The van der Waals surface area contributed by atoms with E-state index in [9.17, 15) is 35.1 Å². The average molecular weight is 962 g/mol. The third kappa shape index (κ3) is 33.9. The van der Waals surface area contributed by atoms with E-state index in [-0.39, 0.29) is 19.4 Å². The molecule has 0 aliphatic carbocycles. The molecule has 8 unspecified atom stereocenters. The average Bonchev–Trinajstić information content (AvgIpc) is 3.34. The molecular weight excluding hydrogens is 871 g/mol. The lowest BCUT2D eigenvalue weighted by Crippen LogP contribution is -2.61. The van der Waals surface area contributed by atoms with Gasteiger partial charge in [-0.1, -0.05) is 219 Å². The van der Waals surface area contributed by atoms with Gasteiger partial charge in [0.1, 0.15) is 24.4 Å². The summed E-state index contributed by atoms with van der Waals surface area (Å²) in [6.45, 7) is 5.38. The van der Waals surface area contributed by atoms with E-state index < -0.39 is 67.4 Å². The van der Waals surface area contributed by atoms with Gasteiger partial charge in [0.05, 0.1) is 25.4 Å². The molecule has 1 rings (SSSR count). The van der Waals surface area contributed by atoms with Crippen LogP contribution in [0.15, 0.2) is 134 Å². The Morgan fingerprint density at radius 2 is 1.04 bits per heavy atom. The molecule has 0 aromatic rings. The first-order valence-electron chi connectivity index (χ1n) is 26.1. The molecule has 1 heterocycles. The highest BCUT2D eigenvalue weighted by Gasteiger charge is 2.47. The highest BCUT2D eigenvalue weighted by atomic mass is 16.7. The molecule has 0 radical (unpaired) electrons. The van der Waals surface area contributed by atoms with Crippen molar-refractivity contribution in [2.45, 2.75) is 205 Å². The monoisotopic (exact) mass is 962 g/mol. The van der Waals surface area contributed by atoms with Crippen LogP contribution < -0.4 is 5.32 Å². The van der Waals surface area contributed by atoms with Gasteiger partial charge in [-0.2, -0.15) is 0 Å². The first-order chi connectivity index (χ1) is 33.7. The van der Waals surface area contributed by atoms with E-state index >= 15 is 0 Å². The predicted molar refractivity (Wildman–Crippen MR) is 282 cm³/mol. The molecule has 1 aliphatic heterocycles. The number of carbonyl (C=O) groups is 2. The second-order valence-electron chi connectivity index (χ2n) is 17.4. The molecule has 0 aromatic heterocycles. The predicted octanol–water partition coefficient (Wildman–Crippen LogP) is 10.9. The number of rotatable bonds is 40. The lowest BCUT2D eigenvalue weighted by molar-refractivity contribution is -0.305. The van der Waals surface area contributed by atoms with E-state index in [0.717, 1.165) is 70.6 Å². The summed E-state index contributed by atoms with van der Waals surface area (Å²) >= 11 is 0. The molecule has 0 saturated carbocycles. The maximum atomic E-state index is 13.3. The van der Waals surface area contributed by atoms with Gasteiger partial charge in [-0.3, -0.25) is 9.59 Å². The van der Waals surface area contributed by atoms with Crippen LogP contribution in [0.1, 0.15) is 156 Å². The van der Waals surface area contributed by atoms with Crippen LogP contribution in [0.3, 0.4) is 0 Å². The summed E-state index contributed by atoms with van der Waals surface area (Å²) in [5.74, 6) is -1.30. The third-order valence-corrected chi connectivity index (χ3v) is 11.3. The van der Waals surface area contributed by atoms with E-state index in [0.29, 0.717) is 12.8 Å². The smallest absolute Gasteiger partial charge is 0.306 e. The summed E-state index contributed by atoms with van der Waals surface area (Å²) in [6, 6.07) is -1.06. The van der Waals surface area contributed by atoms with Gasteiger partial charge in [-0.15, -0.1) is 0 Å². The number of carbonyl (C=O) groups excluding carboxylic acids is 2. The molecule has 0 bridgehead atoms. The minimum Gasteiger partial charge on any atom is -0.454 e. The van der Waals surface area contributed by atoms with Gasteiger partial charge in [-0.25, -0.2) is 0 Å². The molecule has 11 nitrogen and oxygen atoms in total. The molecule has 1 saturated heterocycles. The van der Waals surface area contributed by atoms with Crippen molar-refractivity contribution >= 4 is 11.9 Å². The standard InChI is InChI=1S/C58H91NO10/c1-4-7-10-13-16-19-22-24-25-26-28-30-33-36-39-42-45-51(62)57(66)59-49(50(61)44-41-38-35-32-29-21-18-15-12-9-6-3)48-67-58-56(55(65)54(64)52(47-60)68-58)69-53(63)46-43-40-37-34-31-27-23-20-17-14-11-8-5-2/h7-8,10-11,13-14,16-17,19-20,22-28,30-31,33,41,44,49-52,54-56,58,60-62,64-65H,4-6,9,12,15,18,21,29,32,34-40,42-43,45-48H2,1-3H3,(H,59,66)/b10-7-,11-8+,16-13+,17-14+,22-19+,23-20-,25-24-,28-26+,31-27-,33-30+,44-41+. The molecule has 0 aromatic carbocycles. The number of amides is 1. The number of esters is 1. The highest BCUT2D eigenvalue weighted by Crippen LogP contribution is 2.26. The van der Waals surface area contributed by atoms with Gasteiger partial charge in [0.2, 0.25) is 5.91 Å². The third-order valence-electron chi connectivity index (χ3n) is 11.3. The number of unbranched alkanes of at least 4 members (excludes halogenated alkanes) is 14. The first kappa shape index (κ1) is 62.8. The summed E-state index contributed by atoms with van der Waals surface area (Å²) in [5, 5.41) is 56.5. The summed E-state index contributed by atoms with van der Waals surface area (Å²) in [6.07, 6.45) is 52.2. The fourth-order valence-electron chi connectivity index (χ4n) is 7.16. The van der Waals surface area contributed by atoms with Gasteiger partial charge in [-0.05, 0) is 64.2 Å². The fraction of sp³-hybridized carbons (Fsp3) is 0.586. The lowest BCUT2D eigenvalue weighted by atomic mass is 9.99. The van der Waals surface area contributed by atoms with E-state index in [1.54, 1.807) is 6.08 Å². The van der Waals surface area contributed by atoms with E-state index in [1.165, 1.54) is 38.5 Å². The van der Waals surface area contributed by atoms with Gasteiger partial charge < -0.3 is 45.1 Å². The molecular formula is C58H91NO10. The van der Waals surface area contributed by atoms with Crippen LogP contribution in [0.4, 0.5) is 0 Å². The van der Waals surface area contributed by atoms with Crippen molar-refractivity contribution in [1.29, 1.82) is 0 Å². The topological polar surface area (TPSA) is 175 Å². The number of hydrogen-bond donors (Lipinski definition) is 6. The molecule has 1 fully saturated rings. The minimum absolute atomic E-state index is 0.0629. The van der Waals surface area contributed by atoms with Crippen molar-refractivity contribution < 1.29 is 49.3 Å². The summed E-state index contributed by atoms with van der Waals surface area (Å²) < 4.78 is 17.4. The highest BCUT2D eigenvalue weighted by molar-refractivity contribution is 5.80. The zero-order valence-electron chi connectivity index (χ0n) is 42.4. The number of nitrogens with one attached hydrogen (secondary N) is 1. The Hall–Kier alpha value is -4.20. The Balaban J connectivity index is 2.86. The van der Waals surface area contributed by atoms with E-state index in [1.807, 2.05) is 109 Å². The summed E-state index contributed by atoms with van der Waals surface area (Å²) in [5.41, 5.74) is 0. The molecule has 69 heavy (non-hydrogen) atoms. The van der Waals surface area contributed by atoms with Crippen LogP contribution in [0.2, 0.25) is 0 Å². The van der Waals surface area contributed by atoms with Gasteiger partial charge in [0, 0.05) is 6.42 Å². The molecule has 6 N–H and O–H groups in total. The SMILES string of the molecule is CC\C=C/C=C/C=C/C=C\C=C\C=C\CCCCC(O)C(=O)NC(COC1OC(CO)C(O)C(O)C1OC(=O)CCCCC\C=C/C=C\C=C\C=C\CC)C(O)/C=C/CCCCCCCCCCC. The van der Waals surface area contributed by atoms with Crippen molar-refractivity contribution in [1.82, 2.24) is 5.32 Å². The number of aliphatic hydroxyl groups is 5. The Labute approximate surface area is 416 Å². The maximum absolute atomic E-state index is 13.3. The van der Waals surface area contributed by atoms with E-state index in [4.69, 9.17) is 14.2 Å². The molecule has 1 amide bonds. The van der Waals surface area contributed by atoms with E-state index in [2.05, 4.69) is 44.3 Å². The normalized spacial score (nSPS) is 21.0. The molecule has 1 aliphatic rings. The number of aliphatic hydroxyl groups excluding tert-OH is 5. The number of hydrogen-bond acceptors (Lipinski definition) is 10. The van der Waals surface area contributed by atoms with Crippen molar-refractivity contribution in [3.05, 3.63) is 134 Å². The number of ether oxygens (including phenoxy) is 3. The second kappa shape index (κ2) is 45.0. The molecule has 8 atom stereocenters. The molecule has 11 heteroatoms. The van der Waals surface area contributed by atoms with Crippen molar-refractivity contribution in [3.8, 4) is 0 Å². The van der Waals surface area contributed by atoms with Crippen LogP contribution in [-0.4, -0.2) is 99.6 Å². The van der Waals surface area contributed by atoms with Crippen LogP contribution in [-0.2, 0) is 23.8 Å². The first-order valence-corrected chi connectivity index (χ1v) is 26.1. The summed E-state index contributed by atoms with van der Waals surface area (Å²) in [7, 11) is 0. The Kier molecular flexibility index (Phi) is 40.9. The van der Waals surface area contributed by atoms with Crippen LogP contribution in [0.5, 0.6) is 0 Å². The zero-order valence-corrected chi connectivity index (χ0v) is 42.4. The quantitative estimate of drug-likeness (QED) is 0.0150. The Morgan fingerprint density at radius 3 is 1.57 bits per heavy atom. The van der Waals surface area contributed by atoms with Crippen molar-refractivity contribution in [2.24, 2.45) is 0 Å². The van der Waals surface area contributed by atoms with Crippen LogP contribution in [0.25, 0.3) is 0 Å². The second-order valence-corrected chi connectivity index (χ2v) is 17.4. The molecule has 0 spiro atoms. The Bertz CT molecular complexity index is 1620. The van der Waals surface area contributed by atoms with Gasteiger partial charge in [0.15, 0.2) is 12.4 Å². The van der Waals surface area contributed by atoms with Gasteiger partial charge >= 0.3 is 5.97 Å². The van der Waals surface area contributed by atoms with Crippen molar-refractivity contribution in [2.75, 3.05) is 13.2 Å². The van der Waals surface area contributed by atoms with Crippen LogP contribution >= 0.6 is 0 Å². The number of allylic oxidation sites excluding steroid dienone is 21. The van der Waals surface area contributed by atoms with Crippen molar-refractivity contribution in [3.63, 3.8) is 0 Å². The van der Waals surface area contributed by atoms with Gasteiger partial charge in [0.25, 0.3) is 0 Å². The largest absolute Gasteiger partial charge is 0.454 e.